The fraction of sp³-hybridized carbons (Fsp3) is 0.556. The molecule has 1 N–H and O–H groups in total. The Bertz CT molecular complexity index is 351. The van der Waals surface area contributed by atoms with Crippen molar-refractivity contribution in [1.29, 1.82) is 0 Å². The number of hydrogen-bond acceptors (Lipinski definition) is 4. The smallest absolute Gasteiger partial charge is 0.374 e. The summed E-state index contributed by atoms with van der Waals surface area (Å²) < 4.78 is 6.82. The molecule has 0 saturated heterocycles. The lowest BCUT2D eigenvalue weighted by Gasteiger charge is -2.16. The Morgan fingerprint density at radius 2 is 2.53 bits per heavy atom. The van der Waals surface area contributed by atoms with Crippen LogP contribution in [0.2, 0.25) is 0 Å². The van der Waals surface area contributed by atoms with Crippen molar-refractivity contribution in [2.24, 2.45) is 0 Å². The quantitative estimate of drug-likeness (QED) is 0.757. The second-order valence-corrected chi connectivity index (χ2v) is 3.12. The first kappa shape index (κ1) is 12.0. The van der Waals surface area contributed by atoms with E-state index in [2.05, 4.69) is 10.3 Å². The van der Waals surface area contributed by atoms with Crippen LogP contribution in [0.25, 0.3) is 0 Å². The summed E-state index contributed by atoms with van der Waals surface area (Å²) in [5.74, 6) is 0.0870. The average Bonchev–Trinajstić information content (AvgIpc) is 2.61. The monoisotopic (exact) mass is 231 g/mol. The molecule has 6 heteroatoms. The van der Waals surface area contributed by atoms with Crippen molar-refractivity contribution in [2.75, 3.05) is 13.2 Å². The molecule has 0 aromatic carbocycles. The van der Waals surface area contributed by atoms with Gasteiger partial charge in [0.15, 0.2) is 0 Å². The molecule has 0 amide bonds. The van der Waals surface area contributed by atoms with Gasteiger partial charge in [0.25, 0.3) is 0 Å². The zero-order valence-electron chi connectivity index (χ0n) is 8.52. The van der Waals surface area contributed by atoms with Crippen LogP contribution < -0.4 is 5.32 Å². The highest BCUT2D eigenvalue weighted by atomic mass is 35.5. The number of aromatic nitrogens is 2. The van der Waals surface area contributed by atoms with Crippen molar-refractivity contribution in [2.45, 2.75) is 20.0 Å². The molecular weight excluding hydrogens is 218 g/mol. The normalized spacial score (nSPS) is 13.9. The van der Waals surface area contributed by atoms with Gasteiger partial charge in [-0.05, 0) is 6.92 Å². The second kappa shape index (κ2) is 5.14. The average molecular weight is 232 g/mol. The topological polar surface area (TPSA) is 56.1 Å². The molecule has 0 aliphatic carbocycles. The van der Waals surface area contributed by atoms with E-state index in [9.17, 15) is 4.79 Å². The molecule has 84 valence electrons. The van der Waals surface area contributed by atoms with Crippen LogP contribution >= 0.6 is 12.4 Å². The first-order chi connectivity index (χ1) is 6.83. The Morgan fingerprint density at radius 1 is 1.73 bits per heavy atom. The molecule has 2 rings (SSSR count). The van der Waals surface area contributed by atoms with Gasteiger partial charge in [-0.15, -0.1) is 12.4 Å². The van der Waals surface area contributed by atoms with Crippen molar-refractivity contribution in [3.8, 4) is 0 Å². The van der Waals surface area contributed by atoms with Crippen molar-refractivity contribution in [3.05, 3.63) is 17.7 Å². The second-order valence-electron chi connectivity index (χ2n) is 3.12. The van der Waals surface area contributed by atoms with Gasteiger partial charge in [0, 0.05) is 19.6 Å². The number of carbonyl (C=O) groups excluding carboxylic acids is 1. The summed E-state index contributed by atoms with van der Waals surface area (Å²) >= 11 is 0. The number of nitrogens with one attached hydrogen (secondary N) is 1. The van der Waals surface area contributed by atoms with Gasteiger partial charge in [-0.25, -0.2) is 9.78 Å². The number of nitrogens with zero attached hydrogens (tertiary/aromatic N) is 2. The van der Waals surface area contributed by atoms with Crippen molar-refractivity contribution in [1.82, 2.24) is 14.9 Å². The summed E-state index contributed by atoms with van der Waals surface area (Å²) in [7, 11) is 0. The van der Waals surface area contributed by atoms with Crippen LogP contribution in [0.5, 0.6) is 0 Å². The highest BCUT2D eigenvalue weighted by molar-refractivity contribution is 5.85. The lowest BCUT2D eigenvalue weighted by Crippen LogP contribution is -2.29. The Labute approximate surface area is 94.2 Å². The van der Waals surface area contributed by atoms with Gasteiger partial charge in [-0.2, -0.15) is 0 Å². The molecule has 0 spiro atoms. The first-order valence-corrected chi connectivity index (χ1v) is 4.75. The SMILES string of the molecule is CCOC(=O)c1ncc2n1CCNC2.Cl. The van der Waals surface area contributed by atoms with Crippen LogP contribution in [0.15, 0.2) is 6.20 Å². The van der Waals surface area contributed by atoms with E-state index in [4.69, 9.17) is 4.74 Å². The van der Waals surface area contributed by atoms with Gasteiger partial charge >= 0.3 is 5.97 Å². The van der Waals surface area contributed by atoms with Gasteiger partial charge in [0.2, 0.25) is 5.82 Å². The van der Waals surface area contributed by atoms with Gasteiger partial charge in [-0.3, -0.25) is 0 Å². The number of ether oxygens (including phenoxy) is 1. The third-order valence-corrected chi connectivity index (χ3v) is 2.21. The summed E-state index contributed by atoms with van der Waals surface area (Å²) in [6.45, 7) is 4.60. The Balaban J connectivity index is 0.00000112. The number of esters is 1. The van der Waals surface area contributed by atoms with Crippen LogP contribution in [0, 0.1) is 0 Å². The maximum Gasteiger partial charge on any atom is 0.374 e. The predicted octanol–water partition coefficient (Wildman–Crippen LogP) is 0.585. The molecule has 15 heavy (non-hydrogen) atoms. The number of carbonyl (C=O) groups is 1. The molecule has 2 heterocycles. The zero-order chi connectivity index (χ0) is 9.97. The van der Waals surface area contributed by atoms with E-state index in [0.717, 1.165) is 25.3 Å². The highest BCUT2D eigenvalue weighted by Gasteiger charge is 2.19. The molecule has 1 aromatic rings. The van der Waals surface area contributed by atoms with Crippen molar-refractivity contribution in [3.63, 3.8) is 0 Å². The fourth-order valence-corrected chi connectivity index (χ4v) is 1.57. The molecule has 0 bridgehead atoms. The van der Waals surface area contributed by atoms with Crippen LogP contribution in [-0.4, -0.2) is 28.7 Å². The summed E-state index contributed by atoms with van der Waals surface area (Å²) in [5.41, 5.74) is 1.04. The molecule has 0 saturated carbocycles. The minimum absolute atomic E-state index is 0. The summed E-state index contributed by atoms with van der Waals surface area (Å²) in [5, 5.41) is 3.21. The molecule has 0 unspecified atom stereocenters. The van der Waals surface area contributed by atoms with E-state index in [1.165, 1.54) is 0 Å². The van der Waals surface area contributed by atoms with Gasteiger partial charge in [-0.1, -0.05) is 0 Å². The summed E-state index contributed by atoms with van der Waals surface area (Å²) in [4.78, 5) is 15.5. The Hall–Kier alpha value is -1.07. The van der Waals surface area contributed by atoms with Crippen molar-refractivity contribution >= 4 is 18.4 Å². The van der Waals surface area contributed by atoms with E-state index in [1.54, 1.807) is 13.1 Å². The number of imidazole rings is 1. The lowest BCUT2D eigenvalue weighted by molar-refractivity contribution is 0.0505. The van der Waals surface area contributed by atoms with Crippen LogP contribution in [0.3, 0.4) is 0 Å². The molecule has 1 aliphatic rings. The molecule has 5 nitrogen and oxygen atoms in total. The standard InChI is InChI=1S/C9H13N3O2.ClH/c1-2-14-9(13)8-11-6-7-5-10-3-4-12(7)8;/h6,10H,2-5H2,1H3;1H. The van der Waals surface area contributed by atoms with Crippen molar-refractivity contribution < 1.29 is 9.53 Å². The van der Waals surface area contributed by atoms with E-state index in [1.807, 2.05) is 4.57 Å². The summed E-state index contributed by atoms with van der Waals surface area (Å²) in [6, 6.07) is 0. The molecule has 0 fully saturated rings. The number of rotatable bonds is 2. The molecular formula is C9H14ClN3O2. The fourth-order valence-electron chi connectivity index (χ4n) is 1.57. The maximum absolute atomic E-state index is 11.5. The molecule has 0 radical (unpaired) electrons. The summed E-state index contributed by atoms with van der Waals surface area (Å²) in [6.07, 6.45) is 1.72. The highest BCUT2D eigenvalue weighted by Crippen LogP contribution is 2.09. The predicted molar refractivity (Wildman–Crippen MR) is 57.1 cm³/mol. The lowest BCUT2D eigenvalue weighted by atomic mass is 10.3. The maximum atomic E-state index is 11.5. The van der Waals surface area contributed by atoms with E-state index >= 15 is 0 Å². The largest absolute Gasteiger partial charge is 0.460 e. The Morgan fingerprint density at radius 3 is 3.27 bits per heavy atom. The molecule has 0 atom stereocenters. The minimum Gasteiger partial charge on any atom is -0.460 e. The minimum atomic E-state index is -0.333. The van der Waals surface area contributed by atoms with Gasteiger partial charge in [0.05, 0.1) is 18.5 Å². The molecule has 1 aliphatic heterocycles. The Kier molecular flexibility index (Phi) is 4.11. The van der Waals surface area contributed by atoms with Gasteiger partial charge in [0.1, 0.15) is 0 Å². The van der Waals surface area contributed by atoms with E-state index in [0.29, 0.717) is 12.4 Å². The van der Waals surface area contributed by atoms with E-state index < -0.39 is 0 Å². The number of fused-ring (bicyclic) bond motifs is 1. The molecule has 1 aromatic heterocycles. The van der Waals surface area contributed by atoms with Gasteiger partial charge < -0.3 is 14.6 Å². The number of hydrogen-bond donors (Lipinski definition) is 1. The third-order valence-electron chi connectivity index (χ3n) is 2.21. The first-order valence-electron chi connectivity index (χ1n) is 4.75. The van der Waals surface area contributed by atoms with E-state index in [-0.39, 0.29) is 18.4 Å². The van der Waals surface area contributed by atoms with Crippen LogP contribution in [-0.2, 0) is 17.8 Å². The zero-order valence-corrected chi connectivity index (χ0v) is 9.34. The van der Waals surface area contributed by atoms with Crippen LogP contribution in [0.4, 0.5) is 0 Å². The van der Waals surface area contributed by atoms with Crippen LogP contribution in [0.1, 0.15) is 23.2 Å². The number of halogens is 1. The third kappa shape index (κ3) is 2.30.